The van der Waals surface area contributed by atoms with Gasteiger partial charge in [0, 0.05) is 17.5 Å². The predicted molar refractivity (Wildman–Crippen MR) is 94.2 cm³/mol. The Labute approximate surface area is 160 Å². The van der Waals surface area contributed by atoms with Crippen molar-refractivity contribution < 1.29 is 32.3 Å². The van der Waals surface area contributed by atoms with E-state index in [1.54, 1.807) is 0 Å². The minimum atomic E-state index is -4.45. The Balaban J connectivity index is 1.54. The molecule has 2 fully saturated rings. The lowest BCUT2D eigenvalue weighted by Crippen LogP contribution is -2.41. The van der Waals surface area contributed by atoms with Crippen molar-refractivity contribution in [3.63, 3.8) is 0 Å². The van der Waals surface area contributed by atoms with Crippen LogP contribution in [0.4, 0.5) is 18.9 Å². The van der Waals surface area contributed by atoms with E-state index in [9.17, 15) is 27.6 Å². The number of amides is 1. The SMILES string of the molecule is CC(OC(=O)C1CC2CCCC(C1)C2=O)C(=O)Nc1ccc(C(F)(F)F)cc1. The van der Waals surface area contributed by atoms with Crippen molar-refractivity contribution in [2.24, 2.45) is 17.8 Å². The van der Waals surface area contributed by atoms with Crippen molar-refractivity contribution >= 4 is 23.3 Å². The lowest BCUT2D eigenvalue weighted by atomic mass is 9.67. The number of anilines is 1. The maximum absolute atomic E-state index is 12.6. The number of carbonyl (C=O) groups excluding carboxylic acids is 3. The molecule has 2 bridgehead atoms. The normalized spacial score (nSPS) is 25.7. The van der Waals surface area contributed by atoms with Gasteiger partial charge in [-0.1, -0.05) is 6.42 Å². The molecule has 0 aliphatic heterocycles. The molecule has 5 nitrogen and oxygen atoms in total. The number of hydrogen-bond donors (Lipinski definition) is 1. The van der Waals surface area contributed by atoms with E-state index in [-0.39, 0.29) is 23.3 Å². The van der Waals surface area contributed by atoms with Gasteiger partial charge >= 0.3 is 12.1 Å². The highest BCUT2D eigenvalue weighted by molar-refractivity contribution is 5.95. The van der Waals surface area contributed by atoms with Crippen LogP contribution in [0.5, 0.6) is 0 Å². The van der Waals surface area contributed by atoms with E-state index >= 15 is 0 Å². The van der Waals surface area contributed by atoms with Gasteiger partial charge < -0.3 is 10.1 Å². The topological polar surface area (TPSA) is 72.5 Å². The second-order valence-electron chi connectivity index (χ2n) is 7.54. The fraction of sp³-hybridized carbons (Fsp3) is 0.550. The fourth-order valence-electron chi connectivity index (χ4n) is 3.98. The molecule has 3 atom stereocenters. The Hall–Kier alpha value is -2.38. The predicted octanol–water partition coefficient (Wildman–Crippen LogP) is 3.97. The molecule has 0 aromatic heterocycles. The van der Waals surface area contributed by atoms with Crippen LogP contribution in [0.3, 0.4) is 0 Å². The van der Waals surface area contributed by atoms with Gasteiger partial charge in [-0.15, -0.1) is 0 Å². The van der Waals surface area contributed by atoms with Gasteiger partial charge in [-0.2, -0.15) is 13.2 Å². The molecule has 1 N–H and O–H groups in total. The smallest absolute Gasteiger partial charge is 0.416 e. The number of benzene rings is 1. The summed E-state index contributed by atoms with van der Waals surface area (Å²) in [6.45, 7) is 1.41. The average Bonchev–Trinajstić information content (AvgIpc) is 2.61. The van der Waals surface area contributed by atoms with Crippen molar-refractivity contribution in [2.75, 3.05) is 5.32 Å². The molecule has 8 heteroatoms. The van der Waals surface area contributed by atoms with Crippen molar-refractivity contribution in [3.8, 4) is 0 Å². The largest absolute Gasteiger partial charge is 0.452 e. The highest BCUT2D eigenvalue weighted by Gasteiger charge is 2.42. The van der Waals surface area contributed by atoms with E-state index in [0.717, 1.165) is 43.5 Å². The highest BCUT2D eigenvalue weighted by Crippen LogP contribution is 2.40. The van der Waals surface area contributed by atoms with Gasteiger partial charge in [-0.25, -0.2) is 0 Å². The molecule has 3 unspecified atom stereocenters. The van der Waals surface area contributed by atoms with Gasteiger partial charge in [-0.3, -0.25) is 14.4 Å². The number of ether oxygens (including phenoxy) is 1. The maximum atomic E-state index is 12.6. The minimum Gasteiger partial charge on any atom is -0.452 e. The first kappa shape index (κ1) is 20.4. The van der Waals surface area contributed by atoms with Gasteiger partial charge in [0.25, 0.3) is 5.91 Å². The Morgan fingerprint density at radius 1 is 1.11 bits per heavy atom. The molecule has 1 amide bonds. The second-order valence-corrected chi connectivity index (χ2v) is 7.54. The van der Waals surface area contributed by atoms with Crippen molar-refractivity contribution in [1.29, 1.82) is 0 Å². The summed E-state index contributed by atoms with van der Waals surface area (Å²) < 4.78 is 43.0. The van der Waals surface area contributed by atoms with Gasteiger partial charge in [0.2, 0.25) is 0 Å². The summed E-state index contributed by atoms with van der Waals surface area (Å²) in [5.74, 6) is -1.47. The van der Waals surface area contributed by atoms with Crippen LogP contribution in [0.2, 0.25) is 0 Å². The van der Waals surface area contributed by atoms with Crippen molar-refractivity contribution in [3.05, 3.63) is 29.8 Å². The molecule has 28 heavy (non-hydrogen) atoms. The zero-order valence-electron chi connectivity index (χ0n) is 15.4. The standard InChI is InChI=1S/C20H22F3NO4/c1-11(18(26)24-16-7-5-15(6-8-16)20(21,22)23)28-19(27)14-9-12-3-2-4-13(10-14)17(12)25/h5-8,11-14H,2-4,9-10H2,1H3,(H,24,26). The fourth-order valence-corrected chi connectivity index (χ4v) is 3.98. The monoisotopic (exact) mass is 397 g/mol. The molecule has 2 aliphatic rings. The van der Waals surface area contributed by atoms with Crippen molar-refractivity contribution in [1.82, 2.24) is 0 Å². The summed E-state index contributed by atoms with van der Waals surface area (Å²) in [5, 5.41) is 2.44. The second kappa shape index (κ2) is 7.93. The Morgan fingerprint density at radius 3 is 2.21 bits per heavy atom. The molecule has 2 saturated carbocycles. The maximum Gasteiger partial charge on any atom is 0.416 e. The molecule has 3 rings (SSSR count). The van der Waals surface area contributed by atoms with Crippen LogP contribution in [-0.4, -0.2) is 23.8 Å². The van der Waals surface area contributed by atoms with Crippen LogP contribution in [0.25, 0.3) is 0 Å². The van der Waals surface area contributed by atoms with E-state index in [2.05, 4.69) is 5.32 Å². The summed E-state index contributed by atoms with van der Waals surface area (Å²) in [7, 11) is 0. The first-order chi connectivity index (χ1) is 13.1. The van der Waals surface area contributed by atoms with Crippen LogP contribution < -0.4 is 5.32 Å². The Morgan fingerprint density at radius 2 is 1.68 bits per heavy atom. The number of ketones is 1. The molecule has 152 valence electrons. The van der Waals surface area contributed by atoms with Crippen LogP contribution in [0.15, 0.2) is 24.3 Å². The van der Waals surface area contributed by atoms with E-state index < -0.39 is 35.6 Å². The molecule has 1 aromatic rings. The van der Waals surface area contributed by atoms with Crippen LogP contribution in [0, 0.1) is 17.8 Å². The van der Waals surface area contributed by atoms with Crippen LogP contribution >= 0.6 is 0 Å². The zero-order valence-corrected chi connectivity index (χ0v) is 15.4. The molecule has 1 aromatic carbocycles. The third-order valence-electron chi connectivity index (χ3n) is 5.52. The van der Waals surface area contributed by atoms with E-state index in [1.807, 2.05) is 0 Å². The van der Waals surface area contributed by atoms with Gasteiger partial charge in [0.1, 0.15) is 5.78 Å². The first-order valence-corrected chi connectivity index (χ1v) is 9.37. The quantitative estimate of drug-likeness (QED) is 0.781. The molecule has 0 heterocycles. The van der Waals surface area contributed by atoms with E-state index in [0.29, 0.717) is 12.8 Å². The number of carbonyl (C=O) groups is 3. The number of Topliss-reactive ketones (excluding diaryl/α,β-unsaturated/α-hetero) is 1. The van der Waals surface area contributed by atoms with Gasteiger partial charge in [0.15, 0.2) is 6.10 Å². The van der Waals surface area contributed by atoms with E-state index in [1.165, 1.54) is 6.92 Å². The highest BCUT2D eigenvalue weighted by atomic mass is 19.4. The summed E-state index contributed by atoms with van der Waals surface area (Å²) in [6.07, 6.45) is -2.04. The van der Waals surface area contributed by atoms with Crippen LogP contribution in [0.1, 0.15) is 44.6 Å². The lowest BCUT2D eigenvalue weighted by Gasteiger charge is -2.36. The number of halogens is 3. The third kappa shape index (κ3) is 4.54. The van der Waals surface area contributed by atoms with Gasteiger partial charge in [-0.05, 0) is 56.9 Å². The average molecular weight is 397 g/mol. The summed E-state index contributed by atoms with van der Waals surface area (Å²) in [6, 6.07) is 4.01. The summed E-state index contributed by atoms with van der Waals surface area (Å²) in [5.41, 5.74) is -0.638. The minimum absolute atomic E-state index is 0.0960. The first-order valence-electron chi connectivity index (χ1n) is 9.37. The number of nitrogens with one attached hydrogen (secondary N) is 1. The molecule has 0 spiro atoms. The molecular weight excluding hydrogens is 375 g/mol. The van der Waals surface area contributed by atoms with Gasteiger partial charge in [0.05, 0.1) is 11.5 Å². The molecular formula is C20H22F3NO4. The zero-order chi connectivity index (χ0) is 20.5. The molecule has 2 aliphatic carbocycles. The number of alkyl halides is 3. The Bertz CT molecular complexity index is 744. The number of rotatable bonds is 4. The third-order valence-corrected chi connectivity index (χ3v) is 5.52. The van der Waals surface area contributed by atoms with Crippen LogP contribution in [-0.2, 0) is 25.3 Å². The summed E-state index contributed by atoms with van der Waals surface area (Å²) in [4.78, 5) is 36.7. The molecule has 0 radical (unpaired) electrons. The number of esters is 1. The number of hydrogen-bond acceptors (Lipinski definition) is 4. The summed E-state index contributed by atoms with van der Waals surface area (Å²) >= 11 is 0. The van der Waals surface area contributed by atoms with E-state index in [4.69, 9.17) is 4.74 Å². The molecule has 0 saturated heterocycles. The number of fused-ring (bicyclic) bond motifs is 2. The Kier molecular flexibility index (Phi) is 5.76. The lowest BCUT2D eigenvalue weighted by molar-refractivity contribution is -0.161. The van der Waals surface area contributed by atoms with Crippen molar-refractivity contribution in [2.45, 2.75) is 51.3 Å².